The average Bonchev–Trinajstić information content (AvgIpc) is 2.90. The lowest BCUT2D eigenvalue weighted by Gasteiger charge is -2.25. The number of hydrogen-bond donors (Lipinski definition) is 0. The Balaban J connectivity index is 1.75. The Kier molecular flexibility index (Phi) is 4.31. The molecule has 2 aliphatic rings. The van der Waals surface area contributed by atoms with Gasteiger partial charge in [-0.2, -0.15) is 0 Å². The first kappa shape index (κ1) is 14.0. The molecule has 2 saturated heterocycles. The predicted octanol–water partition coefficient (Wildman–Crippen LogP) is 3.58. The smallest absolute Gasteiger partial charge is 0.264 e. The molecule has 3 nitrogen and oxygen atoms in total. The van der Waals surface area contributed by atoms with Crippen LogP contribution in [0.25, 0.3) is 0 Å². The normalized spacial score (nSPS) is 24.3. The first-order chi connectivity index (χ1) is 9.15. The number of carbonyl (C=O) groups excluding carboxylic acids is 1. The van der Waals surface area contributed by atoms with Crippen LogP contribution < -0.4 is 0 Å². The molecule has 1 aromatic rings. The number of rotatable bonds is 1. The molecule has 2 aliphatic heterocycles. The second kappa shape index (κ2) is 5.84. The van der Waals surface area contributed by atoms with E-state index in [4.69, 9.17) is 0 Å². The fourth-order valence-corrected chi connectivity index (χ4v) is 5.00. The van der Waals surface area contributed by atoms with E-state index in [0.29, 0.717) is 6.04 Å². The minimum absolute atomic E-state index is 0.185. The van der Waals surface area contributed by atoms with Gasteiger partial charge in [-0.05, 0) is 63.7 Å². The second-order valence-corrected chi connectivity index (χ2v) is 8.39. The van der Waals surface area contributed by atoms with Gasteiger partial charge in [0.1, 0.15) is 0 Å². The number of carbonyl (C=O) groups is 1. The maximum Gasteiger partial charge on any atom is 0.264 e. The summed E-state index contributed by atoms with van der Waals surface area (Å²) in [6.07, 6.45) is 3.61. The van der Waals surface area contributed by atoms with Crippen molar-refractivity contribution in [3.8, 4) is 0 Å². The Morgan fingerprint density at radius 1 is 1.26 bits per heavy atom. The fraction of sp³-hybridized carbons (Fsp3) is 0.615. The van der Waals surface area contributed by atoms with Gasteiger partial charge in [-0.15, -0.1) is 11.3 Å². The van der Waals surface area contributed by atoms with Crippen molar-refractivity contribution in [2.24, 2.45) is 0 Å². The molecule has 3 rings (SSSR count). The molecule has 0 aromatic carbocycles. The van der Waals surface area contributed by atoms with E-state index in [1.165, 1.54) is 30.7 Å². The van der Waals surface area contributed by atoms with Crippen LogP contribution in [0.15, 0.2) is 14.3 Å². The number of nitrogens with zero attached hydrogens (tertiary/aromatic N) is 2. The molecule has 0 bridgehead atoms. The first-order valence-electron chi connectivity index (χ1n) is 6.63. The SMILES string of the molecule is O=C(c1cc(Br)c(Br)s1)N1CCCN2CCCC2C1. The number of halogens is 2. The molecule has 3 heterocycles. The number of thiophene rings is 1. The molecule has 1 aromatic heterocycles. The van der Waals surface area contributed by atoms with E-state index in [0.717, 1.165) is 39.2 Å². The molecule has 1 atom stereocenters. The summed E-state index contributed by atoms with van der Waals surface area (Å²) < 4.78 is 1.96. The van der Waals surface area contributed by atoms with E-state index in [2.05, 4.69) is 36.8 Å². The van der Waals surface area contributed by atoms with Crippen molar-refractivity contribution in [2.45, 2.75) is 25.3 Å². The minimum Gasteiger partial charge on any atom is -0.336 e. The van der Waals surface area contributed by atoms with Crippen LogP contribution in [-0.4, -0.2) is 47.9 Å². The van der Waals surface area contributed by atoms with Crippen molar-refractivity contribution in [3.63, 3.8) is 0 Å². The number of fused-ring (bicyclic) bond motifs is 1. The van der Waals surface area contributed by atoms with Gasteiger partial charge in [-0.1, -0.05) is 0 Å². The van der Waals surface area contributed by atoms with Crippen LogP contribution in [0.3, 0.4) is 0 Å². The molecule has 0 saturated carbocycles. The summed E-state index contributed by atoms with van der Waals surface area (Å²) in [4.78, 5) is 18.0. The molecule has 104 valence electrons. The number of hydrogen-bond acceptors (Lipinski definition) is 3. The van der Waals surface area contributed by atoms with Crippen molar-refractivity contribution in [1.82, 2.24) is 9.80 Å². The van der Waals surface area contributed by atoms with Gasteiger partial charge in [0.2, 0.25) is 0 Å². The lowest BCUT2D eigenvalue weighted by atomic mass is 10.2. The van der Waals surface area contributed by atoms with Crippen LogP contribution in [0, 0.1) is 0 Å². The maximum atomic E-state index is 12.6. The van der Waals surface area contributed by atoms with Crippen molar-refractivity contribution >= 4 is 49.1 Å². The molecule has 0 spiro atoms. The summed E-state index contributed by atoms with van der Waals surface area (Å²) >= 11 is 8.43. The highest BCUT2D eigenvalue weighted by Crippen LogP contribution is 2.33. The van der Waals surface area contributed by atoms with E-state index < -0.39 is 0 Å². The summed E-state index contributed by atoms with van der Waals surface area (Å²) in [5.41, 5.74) is 0. The molecule has 1 amide bonds. The topological polar surface area (TPSA) is 23.6 Å². The van der Waals surface area contributed by atoms with Crippen molar-refractivity contribution in [1.29, 1.82) is 0 Å². The maximum absolute atomic E-state index is 12.6. The summed E-state index contributed by atoms with van der Waals surface area (Å²) in [5.74, 6) is 0.185. The third-order valence-corrected chi connectivity index (χ3v) is 7.19. The average molecular weight is 408 g/mol. The van der Waals surface area contributed by atoms with Crippen molar-refractivity contribution < 1.29 is 4.79 Å². The quantitative estimate of drug-likeness (QED) is 0.710. The molecule has 1 unspecified atom stereocenters. The summed E-state index contributed by atoms with van der Waals surface area (Å²) in [6, 6.07) is 2.51. The van der Waals surface area contributed by atoms with E-state index in [1.807, 2.05) is 11.0 Å². The van der Waals surface area contributed by atoms with Gasteiger partial charge in [0.25, 0.3) is 5.91 Å². The van der Waals surface area contributed by atoms with Gasteiger partial charge in [0.05, 0.1) is 8.66 Å². The molecular weight excluding hydrogens is 392 g/mol. The zero-order valence-electron chi connectivity index (χ0n) is 10.6. The number of amides is 1. The third-order valence-electron chi connectivity index (χ3n) is 3.95. The molecule has 2 fully saturated rings. The molecule has 0 N–H and O–H groups in total. The van der Waals surface area contributed by atoms with Gasteiger partial charge < -0.3 is 4.90 Å². The van der Waals surface area contributed by atoms with Gasteiger partial charge in [-0.25, -0.2) is 0 Å². The summed E-state index contributed by atoms with van der Waals surface area (Å²) in [6.45, 7) is 4.14. The Morgan fingerprint density at radius 2 is 2.05 bits per heavy atom. The van der Waals surface area contributed by atoms with Crippen molar-refractivity contribution in [2.75, 3.05) is 26.2 Å². The van der Waals surface area contributed by atoms with Gasteiger partial charge in [0.15, 0.2) is 0 Å². The lowest BCUT2D eigenvalue weighted by molar-refractivity contribution is 0.0748. The second-order valence-electron chi connectivity index (χ2n) is 5.17. The van der Waals surface area contributed by atoms with Crippen molar-refractivity contribution in [3.05, 3.63) is 19.2 Å². The zero-order chi connectivity index (χ0) is 13.4. The Labute approximate surface area is 134 Å². The van der Waals surface area contributed by atoms with Gasteiger partial charge >= 0.3 is 0 Å². The predicted molar refractivity (Wildman–Crippen MR) is 84.8 cm³/mol. The van der Waals surface area contributed by atoms with Crippen LogP contribution in [-0.2, 0) is 0 Å². The van der Waals surface area contributed by atoms with Crippen LogP contribution in [0.5, 0.6) is 0 Å². The fourth-order valence-electron chi connectivity index (χ4n) is 3.00. The summed E-state index contributed by atoms with van der Waals surface area (Å²) in [7, 11) is 0. The Morgan fingerprint density at radius 3 is 2.79 bits per heavy atom. The molecular formula is C13H16Br2N2OS. The van der Waals surface area contributed by atoms with E-state index >= 15 is 0 Å². The van der Waals surface area contributed by atoms with Crippen LogP contribution in [0.4, 0.5) is 0 Å². The van der Waals surface area contributed by atoms with Crippen LogP contribution >= 0.6 is 43.2 Å². The largest absolute Gasteiger partial charge is 0.336 e. The van der Waals surface area contributed by atoms with Gasteiger partial charge in [-0.3, -0.25) is 9.69 Å². The van der Waals surface area contributed by atoms with E-state index in [-0.39, 0.29) is 5.91 Å². The highest BCUT2D eigenvalue weighted by molar-refractivity contribution is 9.13. The molecule has 0 radical (unpaired) electrons. The van der Waals surface area contributed by atoms with E-state index in [9.17, 15) is 4.79 Å². The Bertz CT molecular complexity index is 471. The third kappa shape index (κ3) is 2.91. The zero-order valence-corrected chi connectivity index (χ0v) is 14.6. The highest BCUT2D eigenvalue weighted by atomic mass is 79.9. The molecule has 0 aliphatic carbocycles. The lowest BCUT2D eigenvalue weighted by Crippen LogP contribution is -2.39. The highest BCUT2D eigenvalue weighted by Gasteiger charge is 2.31. The minimum atomic E-state index is 0.185. The van der Waals surface area contributed by atoms with E-state index in [1.54, 1.807) is 0 Å². The van der Waals surface area contributed by atoms with Gasteiger partial charge in [0, 0.05) is 30.1 Å². The summed E-state index contributed by atoms with van der Waals surface area (Å²) in [5, 5.41) is 0. The molecule has 19 heavy (non-hydrogen) atoms. The van der Waals surface area contributed by atoms with Crippen LogP contribution in [0.1, 0.15) is 28.9 Å². The standard InChI is InChI=1S/C13H16Br2N2OS/c14-10-7-11(19-12(10)15)13(18)17-6-2-5-16-4-1-3-9(16)8-17/h7,9H,1-6,8H2. The molecule has 6 heteroatoms. The monoisotopic (exact) mass is 406 g/mol. The first-order valence-corrected chi connectivity index (χ1v) is 9.03. The Hall–Kier alpha value is 0.0900. The van der Waals surface area contributed by atoms with Crippen LogP contribution in [0.2, 0.25) is 0 Å².